The first-order chi connectivity index (χ1) is 6.99. The highest BCUT2D eigenvalue weighted by atomic mass is 16.5. The molecule has 0 atom stereocenters. The lowest BCUT2D eigenvalue weighted by atomic mass is 9.88. The lowest BCUT2D eigenvalue weighted by Gasteiger charge is -2.28. The van der Waals surface area contributed by atoms with Crippen molar-refractivity contribution in [1.29, 1.82) is 0 Å². The van der Waals surface area contributed by atoms with Crippen molar-refractivity contribution in [3.63, 3.8) is 0 Å². The van der Waals surface area contributed by atoms with Gasteiger partial charge in [-0.1, -0.05) is 24.3 Å². The molecule has 0 bridgehead atoms. The first-order valence-corrected chi connectivity index (χ1v) is 5.44. The molecule has 1 aliphatic carbocycles. The van der Waals surface area contributed by atoms with E-state index in [9.17, 15) is 0 Å². The Balaban J connectivity index is 2.47. The molecule has 0 heterocycles. The Morgan fingerprint density at radius 1 is 1.27 bits per heavy atom. The SMILES string of the molecule is COC(C)(C)c1ccccc1C1(N)CC1. The van der Waals surface area contributed by atoms with E-state index in [1.165, 1.54) is 11.1 Å². The average Bonchev–Trinajstić information content (AvgIpc) is 2.98. The molecule has 2 rings (SSSR count). The van der Waals surface area contributed by atoms with Crippen LogP contribution in [0.4, 0.5) is 0 Å². The number of rotatable bonds is 3. The Bertz CT molecular complexity index is 367. The van der Waals surface area contributed by atoms with Crippen molar-refractivity contribution in [2.75, 3.05) is 7.11 Å². The summed E-state index contributed by atoms with van der Waals surface area (Å²) in [5, 5.41) is 0. The fourth-order valence-electron chi connectivity index (χ4n) is 1.96. The number of hydrogen-bond acceptors (Lipinski definition) is 2. The molecular formula is C13H19NO. The van der Waals surface area contributed by atoms with E-state index in [0.29, 0.717) is 0 Å². The first kappa shape index (κ1) is 10.7. The normalized spacial score (nSPS) is 18.9. The minimum Gasteiger partial charge on any atom is -0.374 e. The Labute approximate surface area is 91.4 Å². The molecule has 0 amide bonds. The fraction of sp³-hybridized carbons (Fsp3) is 0.538. The van der Waals surface area contributed by atoms with Gasteiger partial charge in [0.25, 0.3) is 0 Å². The molecule has 1 aliphatic rings. The van der Waals surface area contributed by atoms with Gasteiger partial charge in [0.15, 0.2) is 0 Å². The molecule has 2 nitrogen and oxygen atoms in total. The average molecular weight is 205 g/mol. The highest BCUT2D eigenvalue weighted by molar-refractivity contribution is 5.40. The van der Waals surface area contributed by atoms with Crippen LogP contribution in [-0.2, 0) is 15.9 Å². The molecule has 0 aliphatic heterocycles. The van der Waals surface area contributed by atoms with Gasteiger partial charge in [-0.25, -0.2) is 0 Å². The number of nitrogens with two attached hydrogens (primary N) is 1. The molecule has 0 saturated heterocycles. The van der Waals surface area contributed by atoms with E-state index in [1.807, 2.05) is 6.07 Å². The maximum atomic E-state index is 6.26. The predicted octanol–water partition coefficient (Wildman–Crippen LogP) is 2.52. The zero-order valence-corrected chi connectivity index (χ0v) is 9.71. The van der Waals surface area contributed by atoms with Crippen LogP contribution in [0.15, 0.2) is 24.3 Å². The van der Waals surface area contributed by atoms with Crippen LogP contribution in [0.1, 0.15) is 37.8 Å². The minimum atomic E-state index is -0.258. The summed E-state index contributed by atoms with van der Waals surface area (Å²) >= 11 is 0. The number of methoxy groups -OCH3 is 1. The molecule has 82 valence electrons. The summed E-state index contributed by atoms with van der Waals surface area (Å²) in [4.78, 5) is 0. The van der Waals surface area contributed by atoms with Crippen LogP contribution in [0.25, 0.3) is 0 Å². The largest absolute Gasteiger partial charge is 0.374 e. The van der Waals surface area contributed by atoms with E-state index in [4.69, 9.17) is 10.5 Å². The monoisotopic (exact) mass is 205 g/mol. The topological polar surface area (TPSA) is 35.2 Å². The molecule has 15 heavy (non-hydrogen) atoms. The van der Waals surface area contributed by atoms with Crippen molar-refractivity contribution in [2.24, 2.45) is 5.73 Å². The standard InChI is InChI=1S/C13H19NO/c1-12(2,15-3)10-6-4-5-7-11(10)13(14)8-9-13/h4-7H,8-9,14H2,1-3H3. The Morgan fingerprint density at radius 3 is 2.40 bits per heavy atom. The van der Waals surface area contributed by atoms with E-state index in [1.54, 1.807) is 7.11 Å². The zero-order valence-electron chi connectivity index (χ0n) is 9.71. The van der Waals surface area contributed by atoms with E-state index < -0.39 is 0 Å². The van der Waals surface area contributed by atoms with Crippen LogP contribution in [0, 0.1) is 0 Å². The van der Waals surface area contributed by atoms with Crippen LogP contribution < -0.4 is 5.73 Å². The summed E-state index contributed by atoms with van der Waals surface area (Å²) in [6.07, 6.45) is 2.17. The Morgan fingerprint density at radius 2 is 1.87 bits per heavy atom. The summed E-state index contributed by atoms with van der Waals surface area (Å²) in [7, 11) is 1.74. The van der Waals surface area contributed by atoms with Gasteiger partial charge in [-0.2, -0.15) is 0 Å². The molecule has 1 saturated carbocycles. The van der Waals surface area contributed by atoms with E-state index >= 15 is 0 Å². The molecule has 0 spiro atoms. The first-order valence-electron chi connectivity index (χ1n) is 5.44. The minimum absolute atomic E-state index is 0.0909. The van der Waals surface area contributed by atoms with Crippen LogP contribution >= 0.6 is 0 Å². The second kappa shape index (κ2) is 3.32. The van der Waals surface area contributed by atoms with Gasteiger partial charge in [-0.3, -0.25) is 0 Å². The molecular weight excluding hydrogens is 186 g/mol. The van der Waals surface area contributed by atoms with Gasteiger partial charge in [0.2, 0.25) is 0 Å². The summed E-state index contributed by atoms with van der Waals surface area (Å²) < 4.78 is 5.53. The van der Waals surface area contributed by atoms with Gasteiger partial charge < -0.3 is 10.5 Å². The highest BCUT2D eigenvalue weighted by Crippen LogP contribution is 2.46. The highest BCUT2D eigenvalue weighted by Gasteiger charge is 2.43. The third-order valence-corrected chi connectivity index (χ3v) is 3.41. The van der Waals surface area contributed by atoms with Gasteiger partial charge in [0, 0.05) is 12.6 Å². The van der Waals surface area contributed by atoms with Crippen molar-refractivity contribution >= 4 is 0 Å². The Hall–Kier alpha value is -0.860. The van der Waals surface area contributed by atoms with Crippen LogP contribution in [0.3, 0.4) is 0 Å². The van der Waals surface area contributed by atoms with Crippen LogP contribution in [0.5, 0.6) is 0 Å². The van der Waals surface area contributed by atoms with Crippen molar-refractivity contribution in [2.45, 2.75) is 37.8 Å². The predicted molar refractivity (Wildman–Crippen MR) is 61.6 cm³/mol. The van der Waals surface area contributed by atoms with Crippen molar-refractivity contribution in [1.82, 2.24) is 0 Å². The van der Waals surface area contributed by atoms with Gasteiger partial charge in [0.05, 0.1) is 5.60 Å². The van der Waals surface area contributed by atoms with Gasteiger partial charge in [-0.05, 0) is 37.8 Å². The molecule has 2 N–H and O–H groups in total. The van der Waals surface area contributed by atoms with E-state index in [2.05, 4.69) is 32.0 Å². The molecule has 2 heteroatoms. The Kier molecular flexibility index (Phi) is 2.36. The van der Waals surface area contributed by atoms with Crippen molar-refractivity contribution < 1.29 is 4.74 Å². The molecule has 0 unspecified atom stereocenters. The van der Waals surface area contributed by atoms with E-state index in [-0.39, 0.29) is 11.1 Å². The summed E-state index contributed by atoms with van der Waals surface area (Å²) in [6, 6.07) is 8.34. The molecule has 0 radical (unpaired) electrons. The van der Waals surface area contributed by atoms with Crippen molar-refractivity contribution in [3.05, 3.63) is 35.4 Å². The molecule has 1 aromatic carbocycles. The second-order valence-corrected chi connectivity index (χ2v) is 4.92. The third-order valence-electron chi connectivity index (χ3n) is 3.41. The number of ether oxygens (including phenoxy) is 1. The third kappa shape index (κ3) is 1.80. The molecule has 1 aromatic rings. The quantitative estimate of drug-likeness (QED) is 0.823. The number of benzene rings is 1. The summed E-state index contributed by atoms with van der Waals surface area (Å²) in [6.45, 7) is 4.16. The maximum Gasteiger partial charge on any atom is 0.0874 e. The summed E-state index contributed by atoms with van der Waals surface area (Å²) in [5.41, 5.74) is 8.38. The zero-order chi connectivity index (χ0) is 11.1. The van der Waals surface area contributed by atoms with Crippen molar-refractivity contribution in [3.8, 4) is 0 Å². The summed E-state index contributed by atoms with van der Waals surface area (Å²) in [5.74, 6) is 0. The second-order valence-electron chi connectivity index (χ2n) is 4.92. The molecule has 1 fully saturated rings. The fourth-order valence-corrected chi connectivity index (χ4v) is 1.96. The van der Waals surface area contributed by atoms with Crippen LogP contribution in [0.2, 0.25) is 0 Å². The smallest absolute Gasteiger partial charge is 0.0874 e. The van der Waals surface area contributed by atoms with Gasteiger partial charge in [0.1, 0.15) is 0 Å². The van der Waals surface area contributed by atoms with Gasteiger partial charge >= 0.3 is 0 Å². The number of hydrogen-bond donors (Lipinski definition) is 1. The van der Waals surface area contributed by atoms with E-state index in [0.717, 1.165) is 12.8 Å². The molecule has 0 aromatic heterocycles. The van der Waals surface area contributed by atoms with Crippen LogP contribution in [-0.4, -0.2) is 7.11 Å². The van der Waals surface area contributed by atoms with Gasteiger partial charge in [-0.15, -0.1) is 0 Å². The maximum absolute atomic E-state index is 6.26. The lowest BCUT2D eigenvalue weighted by molar-refractivity contribution is 0.0180. The lowest BCUT2D eigenvalue weighted by Crippen LogP contribution is -2.28.